The molecule has 2 aromatic carbocycles. The van der Waals surface area contributed by atoms with Crippen LogP contribution in [0.4, 0.5) is 4.39 Å². The summed E-state index contributed by atoms with van der Waals surface area (Å²) in [6.45, 7) is 2.47. The number of Topliss-reactive ketones (excluding diaryl/α,β-unsaturated/α-hetero) is 1. The Balaban J connectivity index is 1.37. The molecule has 3 amide bonds. The average Bonchev–Trinajstić information content (AvgIpc) is 3.63. The summed E-state index contributed by atoms with van der Waals surface area (Å²) in [5, 5.41) is 0.875. The Hall–Kier alpha value is -4.09. The van der Waals surface area contributed by atoms with Crippen LogP contribution in [0.5, 0.6) is 23.0 Å². The van der Waals surface area contributed by atoms with Crippen molar-refractivity contribution in [3.63, 3.8) is 0 Å². The average molecular weight is 677 g/mol. The van der Waals surface area contributed by atoms with Gasteiger partial charge in [-0.1, -0.05) is 0 Å². The number of hydrogen-bond donors (Lipinski definition) is 2. The van der Waals surface area contributed by atoms with Gasteiger partial charge in [0.2, 0.25) is 11.8 Å². The molecule has 0 bridgehead atoms. The number of rotatable bonds is 16. The molecule has 2 heterocycles. The van der Waals surface area contributed by atoms with Crippen molar-refractivity contribution in [3.05, 3.63) is 45.6 Å². The number of carbonyl (C=O) groups is 4. The van der Waals surface area contributed by atoms with E-state index in [9.17, 15) is 19.2 Å². The van der Waals surface area contributed by atoms with Crippen LogP contribution in [-0.2, 0) is 27.5 Å². The number of nitrogens with two attached hydrogens (primary N) is 2. The summed E-state index contributed by atoms with van der Waals surface area (Å²) >= 11 is -0.250. The normalized spacial score (nSPS) is 13.0. The van der Waals surface area contributed by atoms with Crippen molar-refractivity contribution < 1.29 is 42.5 Å². The standard InChI is InChI=1S/C31H36FN3O8Se/c1-4-17(31(34)39)10-21(36)26-13-18-11-22(40-2)23(14-25(18)44-26)42-8-5-9-43-30-24(41-3)12-19-15-35(16-20(19)29(30)32)28(38)7-6-27(33)37/h11-14,17H,4-10,15-16H2,1-3H3,(H2,33,37)(H2,34,39)/t17-/m0/s1. The third-order valence-corrected chi connectivity index (χ3v) is 9.84. The second-order valence-electron chi connectivity index (χ2n) is 10.4. The third kappa shape index (κ3) is 7.51. The Morgan fingerprint density at radius 1 is 0.955 bits per heavy atom. The van der Waals surface area contributed by atoms with Gasteiger partial charge < -0.3 is 10.6 Å². The van der Waals surface area contributed by atoms with E-state index < -0.39 is 23.5 Å². The Morgan fingerprint density at radius 2 is 1.68 bits per heavy atom. The van der Waals surface area contributed by atoms with E-state index in [1.54, 1.807) is 6.07 Å². The van der Waals surface area contributed by atoms with E-state index in [2.05, 4.69) is 0 Å². The number of amides is 3. The Bertz CT molecular complexity index is 1570. The number of ketones is 1. The molecule has 1 aliphatic heterocycles. The van der Waals surface area contributed by atoms with Crippen LogP contribution in [0.15, 0.2) is 24.3 Å². The fourth-order valence-electron chi connectivity index (χ4n) is 4.96. The van der Waals surface area contributed by atoms with Gasteiger partial charge in [-0.2, -0.15) is 0 Å². The van der Waals surface area contributed by atoms with Crippen molar-refractivity contribution in [1.29, 1.82) is 0 Å². The quantitative estimate of drug-likeness (QED) is 0.133. The van der Waals surface area contributed by atoms with Gasteiger partial charge in [0.1, 0.15) is 0 Å². The second-order valence-corrected chi connectivity index (χ2v) is 12.7. The van der Waals surface area contributed by atoms with Crippen molar-refractivity contribution in [2.75, 3.05) is 27.4 Å². The van der Waals surface area contributed by atoms with Gasteiger partial charge in [-0.05, 0) is 0 Å². The van der Waals surface area contributed by atoms with E-state index in [0.29, 0.717) is 39.9 Å². The number of hydrogen-bond acceptors (Lipinski definition) is 8. The van der Waals surface area contributed by atoms with E-state index >= 15 is 4.39 Å². The molecule has 1 aliphatic rings. The molecular formula is C31H36FN3O8Se. The Morgan fingerprint density at radius 3 is 2.34 bits per heavy atom. The zero-order valence-corrected chi connectivity index (χ0v) is 26.6. The number of fused-ring (bicyclic) bond motifs is 2. The summed E-state index contributed by atoms with van der Waals surface area (Å²) < 4.78 is 39.7. The minimum absolute atomic E-state index is 0.0342. The second kappa shape index (κ2) is 14.6. The van der Waals surface area contributed by atoms with Crippen molar-refractivity contribution in [1.82, 2.24) is 4.90 Å². The van der Waals surface area contributed by atoms with Crippen LogP contribution >= 0.6 is 0 Å². The zero-order chi connectivity index (χ0) is 32.0. The van der Waals surface area contributed by atoms with E-state index in [1.165, 1.54) is 19.1 Å². The molecule has 4 N–H and O–H groups in total. The molecule has 13 heteroatoms. The number of nitrogens with zero attached hydrogens (tertiary/aromatic N) is 1. The van der Waals surface area contributed by atoms with Crippen LogP contribution in [0.2, 0.25) is 0 Å². The molecule has 3 aromatic rings. The van der Waals surface area contributed by atoms with Gasteiger partial charge in [-0.25, -0.2) is 0 Å². The van der Waals surface area contributed by atoms with E-state index in [1.807, 2.05) is 25.1 Å². The Labute approximate surface area is 260 Å². The molecule has 4 rings (SSSR count). The van der Waals surface area contributed by atoms with Gasteiger partial charge in [0.05, 0.1) is 0 Å². The molecule has 0 fully saturated rings. The minimum atomic E-state index is -0.591. The van der Waals surface area contributed by atoms with Gasteiger partial charge in [0.15, 0.2) is 0 Å². The third-order valence-electron chi connectivity index (χ3n) is 7.45. The summed E-state index contributed by atoms with van der Waals surface area (Å²) in [6.07, 6.45) is 0.914. The summed E-state index contributed by atoms with van der Waals surface area (Å²) in [6, 6.07) is 7.17. The molecular weight excluding hydrogens is 640 g/mol. The van der Waals surface area contributed by atoms with Crippen molar-refractivity contribution in [2.24, 2.45) is 17.4 Å². The molecule has 0 spiro atoms. The van der Waals surface area contributed by atoms with Crippen molar-refractivity contribution >= 4 is 47.7 Å². The van der Waals surface area contributed by atoms with Crippen LogP contribution in [-0.4, -0.2) is 70.3 Å². The first kappa shape index (κ1) is 32.8. The molecule has 1 atom stereocenters. The van der Waals surface area contributed by atoms with E-state index in [4.69, 9.17) is 30.4 Å². The maximum atomic E-state index is 15.5. The number of carbonyl (C=O) groups excluding carboxylic acids is 4. The van der Waals surface area contributed by atoms with E-state index in [0.717, 1.165) is 9.65 Å². The van der Waals surface area contributed by atoms with Crippen LogP contribution in [0.1, 0.15) is 59.4 Å². The van der Waals surface area contributed by atoms with Gasteiger partial charge in [-0.3, -0.25) is 9.59 Å². The predicted molar refractivity (Wildman–Crippen MR) is 161 cm³/mol. The molecule has 11 nitrogen and oxygen atoms in total. The van der Waals surface area contributed by atoms with Crippen LogP contribution in [0.25, 0.3) is 9.65 Å². The Kier molecular flexibility index (Phi) is 10.9. The van der Waals surface area contributed by atoms with Gasteiger partial charge in [0.25, 0.3) is 0 Å². The molecule has 0 radical (unpaired) electrons. The van der Waals surface area contributed by atoms with Crippen molar-refractivity contribution in [3.8, 4) is 23.0 Å². The number of ether oxygens (including phenoxy) is 4. The first-order chi connectivity index (χ1) is 21.1. The number of primary amides is 2. The van der Waals surface area contributed by atoms with Gasteiger partial charge in [0, 0.05) is 19.4 Å². The fourth-order valence-corrected chi connectivity index (χ4v) is 7.10. The summed E-state index contributed by atoms with van der Waals surface area (Å²) in [4.78, 5) is 49.3. The molecule has 0 saturated heterocycles. The summed E-state index contributed by atoms with van der Waals surface area (Å²) in [7, 11) is 2.94. The maximum absolute atomic E-state index is 15.5. The van der Waals surface area contributed by atoms with Crippen molar-refractivity contribution in [2.45, 2.75) is 52.1 Å². The molecule has 44 heavy (non-hydrogen) atoms. The van der Waals surface area contributed by atoms with Crippen LogP contribution in [0.3, 0.4) is 0 Å². The number of methoxy groups -OCH3 is 2. The number of benzene rings is 2. The molecule has 0 aliphatic carbocycles. The first-order valence-corrected chi connectivity index (χ1v) is 15.9. The topological polar surface area (TPSA) is 160 Å². The monoisotopic (exact) mass is 677 g/mol. The molecule has 0 unspecified atom stereocenters. The van der Waals surface area contributed by atoms with Gasteiger partial charge in [-0.15, -0.1) is 0 Å². The zero-order valence-electron chi connectivity index (χ0n) is 24.9. The fraction of sp³-hybridized carbons (Fsp3) is 0.419. The van der Waals surface area contributed by atoms with Crippen LogP contribution in [0, 0.1) is 11.7 Å². The predicted octanol–water partition coefficient (Wildman–Crippen LogP) is 3.09. The molecule has 236 valence electrons. The van der Waals surface area contributed by atoms with Gasteiger partial charge >= 0.3 is 209 Å². The SMILES string of the molecule is CC[C@@H](CC(=O)c1cc2cc(OC)c(OCCCOc3c(OC)cc4c(c3F)CN(C(=O)CCC(N)=O)C4)cc2[se]1)C(N)=O. The number of halogens is 1. The first-order valence-electron chi connectivity index (χ1n) is 14.2. The summed E-state index contributed by atoms with van der Waals surface area (Å²) in [5.41, 5.74) is 11.5. The summed E-state index contributed by atoms with van der Waals surface area (Å²) in [5.74, 6) is -1.28. The van der Waals surface area contributed by atoms with Crippen LogP contribution < -0.4 is 30.4 Å². The molecule has 1 aromatic heterocycles. The van der Waals surface area contributed by atoms with E-state index in [-0.39, 0.29) is 83.3 Å². The molecule has 0 saturated carbocycles.